The first kappa shape index (κ1) is 15.7. The summed E-state index contributed by atoms with van der Waals surface area (Å²) in [6.07, 6.45) is 2.26. The Hall–Kier alpha value is -1.17. The average molecular weight is 335 g/mol. The van der Waals surface area contributed by atoms with E-state index in [0.29, 0.717) is 16.7 Å². The molecule has 0 bridgehead atoms. The summed E-state index contributed by atoms with van der Waals surface area (Å²) in [5.41, 5.74) is 1.03. The van der Waals surface area contributed by atoms with Gasteiger partial charge in [-0.15, -0.1) is 11.3 Å². The highest BCUT2D eigenvalue weighted by atomic mass is 32.2. The molecule has 1 unspecified atom stereocenters. The lowest BCUT2D eigenvalue weighted by atomic mass is 10.2. The van der Waals surface area contributed by atoms with Crippen molar-refractivity contribution in [2.24, 2.45) is 5.92 Å². The minimum absolute atomic E-state index is 0.0487. The lowest BCUT2D eigenvalue weighted by molar-refractivity contribution is 0.304. The minimum atomic E-state index is -3.43. The van der Waals surface area contributed by atoms with Crippen LogP contribution in [0.15, 0.2) is 46.7 Å². The number of aryl methyl sites for hydroxylation is 1. The Morgan fingerprint density at radius 1 is 1.18 bits per heavy atom. The zero-order chi connectivity index (χ0) is 15.7. The molecule has 1 atom stereocenters. The molecule has 1 aliphatic rings. The first-order valence-electron chi connectivity index (χ1n) is 7.60. The Morgan fingerprint density at radius 3 is 2.41 bits per heavy atom. The fourth-order valence-electron chi connectivity index (χ4n) is 2.69. The number of hydrogen-bond acceptors (Lipinski definition) is 3. The molecule has 0 radical (unpaired) electrons. The topological polar surface area (TPSA) is 37.4 Å². The van der Waals surface area contributed by atoms with E-state index < -0.39 is 10.0 Å². The van der Waals surface area contributed by atoms with Gasteiger partial charge in [-0.05, 0) is 50.3 Å². The van der Waals surface area contributed by atoms with Gasteiger partial charge in [0.05, 0.1) is 0 Å². The van der Waals surface area contributed by atoms with E-state index >= 15 is 0 Å². The van der Waals surface area contributed by atoms with Crippen LogP contribution < -0.4 is 0 Å². The van der Waals surface area contributed by atoms with Crippen molar-refractivity contribution in [2.45, 2.75) is 43.5 Å². The van der Waals surface area contributed by atoms with E-state index in [1.165, 1.54) is 11.3 Å². The van der Waals surface area contributed by atoms with Crippen molar-refractivity contribution in [3.05, 3.63) is 52.9 Å². The van der Waals surface area contributed by atoms with E-state index in [1.54, 1.807) is 10.4 Å². The second-order valence-corrected chi connectivity index (χ2v) is 9.38. The third-order valence-electron chi connectivity index (χ3n) is 4.22. The summed E-state index contributed by atoms with van der Waals surface area (Å²) in [5.74, 6) is 0.500. The van der Waals surface area contributed by atoms with E-state index in [1.807, 2.05) is 50.2 Å². The van der Waals surface area contributed by atoms with Crippen LogP contribution in [0, 0.1) is 12.8 Å². The Labute approximate surface area is 136 Å². The Bertz CT molecular complexity index is 733. The van der Waals surface area contributed by atoms with Crippen LogP contribution >= 0.6 is 11.3 Å². The number of thiophene rings is 1. The minimum Gasteiger partial charge on any atom is -0.206 e. The molecule has 0 aliphatic heterocycles. The number of hydrogen-bond donors (Lipinski definition) is 0. The normalized spacial score (nSPS) is 16.9. The SMILES string of the molecule is Cc1ccc(S(=O)(=O)N(Cc2ccccc2)C(C)C2CC2)s1. The van der Waals surface area contributed by atoms with E-state index in [9.17, 15) is 8.42 Å². The fraction of sp³-hybridized carbons (Fsp3) is 0.412. The van der Waals surface area contributed by atoms with Gasteiger partial charge in [-0.25, -0.2) is 8.42 Å². The molecule has 3 nitrogen and oxygen atoms in total. The molecule has 5 heteroatoms. The summed E-state index contributed by atoms with van der Waals surface area (Å²) in [7, 11) is -3.43. The Balaban J connectivity index is 1.94. The van der Waals surface area contributed by atoms with Crippen LogP contribution in [0.4, 0.5) is 0 Å². The summed E-state index contributed by atoms with van der Waals surface area (Å²) in [6.45, 7) is 4.42. The molecule has 3 rings (SSSR count). The van der Waals surface area contributed by atoms with Crippen LogP contribution in [0.5, 0.6) is 0 Å². The van der Waals surface area contributed by atoms with Crippen molar-refractivity contribution in [2.75, 3.05) is 0 Å². The zero-order valence-corrected chi connectivity index (χ0v) is 14.5. The van der Waals surface area contributed by atoms with Crippen molar-refractivity contribution in [3.63, 3.8) is 0 Å². The van der Waals surface area contributed by atoms with Crippen LogP contribution in [0.3, 0.4) is 0 Å². The van der Waals surface area contributed by atoms with Crippen molar-refractivity contribution in [1.29, 1.82) is 0 Å². The maximum atomic E-state index is 13.1. The number of sulfonamides is 1. The number of rotatable bonds is 6. The molecular weight excluding hydrogens is 314 g/mol. The van der Waals surface area contributed by atoms with Gasteiger partial charge < -0.3 is 0 Å². The van der Waals surface area contributed by atoms with Gasteiger partial charge in [0.2, 0.25) is 0 Å². The Kier molecular flexibility index (Phi) is 4.39. The van der Waals surface area contributed by atoms with E-state index in [4.69, 9.17) is 0 Å². The summed E-state index contributed by atoms with van der Waals surface area (Å²) in [5, 5.41) is 0. The molecule has 0 N–H and O–H groups in total. The first-order valence-corrected chi connectivity index (χ1v) is 9.86. The Morgan fingerprint density at radius 2 is 1.86 bits per heavy atom. The smallest absolute Gasteiger partial charge is 0.206 e. The molecule has 1 aliphatic carbocycles. The van der Waals surface area contributed by atoms with E-state index in [-0.39, 0.29) is 6.04 Å². The molecule has 2 aromatic rings. The van der Waals surface area contributed by atoms with Gasteiger partial charge in [-0.2, -0.15) is 4.31 Å². The quantitative estimate of drug-likeness (QED) is 0.799. The van der Waals surface area contributed by atoms with Gasteiger partial charge in [0.1, 0.15) is 4.21 Å². The monoisotopic (exact) mass is 335 g/mol. The molecule has 118 valence electrons. The van der Waals surface area contributed by atoms with Crippen LogP contribution in [-0.2, 0) is 16.6 Å². The van der Waals surface area contributed by atoms with Gasteiger partial charge in [0, 0.05) is 17.5 Å². The second kappa shape index (κ2) is 6.14. The van der Waals surface area contributed by atoms with Crippen molar-refractivity contribution in [1.82, 2.24) is 4.31 Å². The van der Waals surface area contributed by atoms with Gasteiger partial charge in [0.25, 0.3) is 10.0 Å². The highest BCUT2D eigenvalue weighted by molar-refractivity contribution is 7.91. The highest BCUT2D eigenvalue weighted by Gasteiger charge is 2.38. The maximum Gasteiger partial charge on any atom is 0.253 e. The number of nitrogens with zero attached hydrogens (tertiary/aromatic N) is 1. The second-order valence-electron chi connectivity index (χ2n) is 5.98. The molecule has 22 heavy (non-hydrogen) atoms. The highest BCUT2D eigenvalue weighted by Crippen LogP contribution is 2.38. The molecular formula is C17H21NO2S2. The molecule has 1 heterocycles. The van der Waals surface area contributed by atoms with E-state index in [0.717, 1.165) is 23.3 Å². The average Bonchev–Trinajstić information content (AvgIpc) is 3.26. The van der Waals surface area contributed by atoms with Crippen LogP contribution in [0.2, 0.25) is 0 Å². The van der Waals surface area contributed by atoms with Gasteiger partial charge in [-0.1, -0.05) is 30.3 Å². The first-order chi connectivity index (χ1) is 10.5. The van der Waals surface area contributed by atoms with Crippen molar-refractivity contribution < 1.29 is 8.42 Å². The molecule has 1 aromatic heterocycles. The maximum absolute atomic E-state index is 13.1. The standard InChI is InChI=1S/C17H21NO2S2/c1-13-8-11-17(21-13)22(19,20)18(14(2)16-9-10-16)12-15-6-4-3-5-7-15/h3-8,11,14,16H,9-10,12H2,1-2H3. The van der Waals surface area contributed by atoms with Gasteiger partial charge in [0.15, 0.2) is 0 Å². The number of benzene rings is 1. The summed E-state index contributed by atoms with van der Waals surface area (Å²) in [4.78, 5) is 1.03. The van der Waals surface area contributed by atoms with Gasteiger partial charge in [-0.3, -0.25) is 0 Å². The van der Waals surface area contributed by atoms with Crippen molar-refractivity contribution in [3.8, 4) is 0 Å². The van der Waals surface area contributed by atoms with Crippen LogP contribution in [0.25, 0.3) is 0 Å². The van der Waals surface area contributed by atoms with Crippen molar-refractivity contribution >= 4 is 21.4 Å². The fourth-order valence-corrected chi connectivity index (χ4v) is 5.78. The predicted octanol–water partition coefficient (Wildman–Crippen LogP) is 4.05. The predicted molar refractivity (Wildman–Crippen MR) is 90.4 cm³/mol. The molecule has 0 saturated heterocycles. The molecule has 1 fully saturated rings. The van der Waals surface area contributed by atoms with E-state index in [2.05, 4.69) is 0 Å². The van der Waals surface area contributed by atoms with Gasteiger partial charge >= 0.3 is 0 Å². The molecule has 1 saturated carbocycles. The lowest BCUT2D eigenvalue weighted by Gasteiger charge is -2.28. The summed E-state index contributed by atoms with van der Waals surface area (Å²) >= 11 is 1.35. The third kappa shape index (κ3) is 3.26. The molecule has 0 amide bonds. The molecule has 0 spiro atoms. The summed E-state index contributed by atoms with van der Waals surface area (Å²) in [6, 6.07) is 13.5. The largest absolute Gasteiger partial charge is 0.253 e. The zero-order valence-electron chi connectivity index (χ0n) is 12.9. The summed E-state index contributed by atoms with van der Waals surface area (Å²) < 4.78 is 28.3. The molecule has 1 aromatic carbocycles. The third-order valence-corrected chi connectivity index (χ3v) is 7.62. The lowest BCUT2D eigenvalue weighted by Crippen LogP contribution is -2.39. The van der Waals surface area contributed by atoms with Crippen LogP contribution in [-0.4, -0.2) is 18.8 Å². The van der Waals surface area contributed by atoms with Crippen LogP contribution in [0.1, 0.15) is 30.2 Å².